The van der Waals surface area contributed by atoms with Crippen LogP contribution in [-0.2, 0) is 0 Å². The van der Waals surface area contributed by atoms with Crippen molar-refractivity contribution >= 4 is 15.9 Å². The Kier molecular flexibility index (Phi) is 3.06. The molecule has 2 aliphatic rings. The van der Waals surface area contributed by atoms with Crippen molar-refractivity contribution in [2.75, 3.05) is 0 Å². The number of alkyl halides is 1. The molecule has 0 heterocycles. The molecule has 2 fully saturated rings. The third-order valence-electron chi connectivity index (χ3n) is 5.02. The third-order valence-corrected chi connectivity index (χ3v) is 6.23. The SMILES string of the molecule is Cc1ccc(C(Br)C2CC3CCC2C3)cc1C. The number of fused-ring (bicyclic) bond motifs is 2. The van der Waals surface area contributed by atoms with E-state index in [1.54, 1.807) is 0 Å². The van der Waals surface area contributed by atoms with E-state index < -0.39 is 0 Å². The molecular weight excluding hydrogens is 272 g/mol. The van der Waals surface area contributed by atoms with E-state index in [2.05, 4.69) is 48.0 Å². The molecule has 2 bridgehead atoms. The molecule has 0 N–H and O–H groups in total. The van der Waals surface area contributed by atoms with Gasteiger partial charge in [-0.2, -0.15) is 0 Å². The summed E-state index contributed by atoms with van der Waals surface area (Å²) in [7, 11) is 0. The van der Waals surface area contributed by atoms with Crippen LogP contribution < -0.4 is 0 Å². The van der Waals surface area contributed by atoms with Crippen LogP contribution in [0.1, 0.15) is 47.2 Å². The highest BCUT2D eigenvalue weighted by Gasteiger charge is 2.42. The second-order valence-corrected chi connectivity index (χ2v) is 7.07. The summed E-state index contributed by atoms with van der Waals surface area (Å²) >= 11 is 3.97. The van der Waals surface area contributed by atoms with Gasteiger partial charge in [0.25, 0.3) is 0 Å². The fourth-order valence-electron chi connectivity index (χ4n) is 3.84. The summed E-state index contributed by atoms with van der Waals surface area (Å²) in [6, 6.07) is 6.96. The summed E-state index contributed by atoms with van der Waals surface area (Å²) in [6.07, 6.45) is 5.92. The predicted octanol–water partition coefficient (Wildman–Crippen LogP) is 5.18. The second-order valence-electron chi connectivity index (χ2n) is 6.08. The van der Waals surface area contributed by atoms with Crippen LogP contribution in [0.2, 0.25) is 0 Å². The van der Waals surface area contributed by atoms with Gasteiger partial charge in [-0.25, -0.2) is 0 Å². The van der Waals surface area contributed by atoms with Crippen LogP contribution in [0.5, 0.6) is 0 Å². The zero-order valence-electron chi connectivity index (χ0n) is 10.7. The first-order valence-corrected chi connectivity index (χ1v) is 7.78. The number of rotatable bonds is 2. The van der Waals surface area contributed by atoms with Crippen molar-refractivity contribution in [3.05, 3.63) is 34.9 Å². The van der Waals surface area contributed by atoms with Crippen molar-refractivity contribution < 1.29 is 0 Å². The van der Waals surface area contributed by atoms with Gasteiger partial charge < -0.3 is 0 Å². The molecule has 0 radical (unpaired) electrons. The van der Waals surface area contributed by atoms with Gasteiger partial charge in [0.1, 0.15) is 0 Å². The number of hydrogen-bond donors (Lipinski definition) is 0. The molecule has 0 amide bonds. The van der Waals surface area contributed by atoms with Crippen molar-refractivity contribution in [3.8, 4) is 0 Å². The third kappa shape index (κ3) is 2.07. The molecule has 0 aliphatic heterocycles. The van der Waals surface area contributed by atoms with Crippen LogP contribution in [-0.4, -0.2) is 0 Å². The smallest absolute Gasteiger partial charge is 0.0426 e. The zero-order chi connectivity index (χ0) is 12.0. The standard InChI is InChI=1S/C16H21Br/c1-10-3-5-14(7-11(10)2)16(17)15-9-12-4-6-13(15)8-12/h3,5,7,12-13,15-16H,4,6,8-9H2,1-2H3. The predicted molar refractivity (Wildman–Crippen MR) is 76.5 cm³/mol. The zero-order valence-corrected chi connectivity index (χ0v) is 12.3. The maximum atomic E-state index is 3.97. The van der Waals surface area contributed by atoms with Crippen molar-refractivity contribution in [2.24, 2.45) is 17.8 Å². The van der Waals surface area contributed by atoms with Gasteiger partial charge in [-0.3, -0.25) is 0 Å². The van der Waals surface area contributed by atoms with Crippen LogP contribution in [0.3, 0.4) is 0 Å². The first-order chi connectivity index (χ1) is 8.15. The van der Waals surface area contributed by atoms with Gasteiger partial charge in [-0.05, 0) is 67.6 Å². The van der Waals surface area contributed by atoms with Gasteiger partial charge in [0.05, 0.1) is 0 Å². The Morgan fingerprint density at radius 3 is 2.53 bits per heavy atom. The van der Waals surface area contributed by atoms with E-state index in [9.17, 15) is 0 Å². The van der Waals surface area contributed by atoms with E-state index in [4.69, 9.17) is 0 Å². The van der Waals surface area contributed by atoms with Crippen LogP contribution in [0, 0.1) is 31.6 Å². The molecule has 3 rings (SSSR count). The first-order valence-electron chi connectivity index (χ1n) is 6.86. The number of benzene rings is 1. The van der Waals surface area contributed by atoms with Crippen molar-refractivity contribution in [1.82, 2.24) is 0 Å². The molecule has 92 valence electrons. The Hall–Kier alpha value is -0.300. The van der Waals surface area contributed by atoms with Crippen LogP contribution in [0.15, 0.2) is 18.2 Å². The van der Waals surface area contributed by atoms with Crippen LogP contribution >= 0.6 is 15.9 Å². The van der Waals surface area contributed by atoms with Crippen molar-refractivity contribution in [1.29, 1.82) is 0 Å². The Bertz CT molecular complexity index is 424. The van der Waals surface area contributed by atoms with E-state index in [0.717, 1.165) is 17.8 Å². The molecule has 0 spiro atoms. The molecule has 4 atom stereocenters. The summed E-state index contributed by atoms with van der Waals surface area (Å²) in [6.45, 7) is 4.42. The highest BCUT2D eigenvalue weighted by molar-refractivity contribution is 9.09. The molecule has 1 heteroatoms. The summed E-state index contributed by atoms with van der Waals surface area (Å²) in [5, 5.41) is 0. The van der Waals surface area contributed by atoms with E-state index >= 15 is 0 Å². The lowest BCUT2D eigenvalue weighted by Crippen LogP contribution is -2.15. The molecule has 0 saturated heterocycles. The lowest BCUT2D eigenvalue weighted by atomic mass is 9.84. The quantitative estimate of drug-likeness (QED) is 0.659. The highest BCUT2D eigenvalue weighted by Crippen LogP contribution is 2.54. The molecule has 0 nitrogen and oxygen atoms in total. The van der Waals surface area contributed by atoms with Crippen molar-refractivity contribution in [2.45, 2.75) is 44.4 Å². The Labute approximate surface area is 113 Å². The average Bonchev–Trinajstić information content (AvgIpc) is 2.93. The normalized spacial score (nSPS) is 33.0. The van der Waals surface area contributed by atoms with Gasteiger partial charge in [0.15, 0.2) is 0 Å². The average molecular weight is 293 g/mol. The first kappa shape index (κ1) is 11.8. The largest absolute Gasteiger partial charge is 0.0836 e. The molecule has 4 unspecified atom stereocenters. The molecule has 1 aromatic carbocycles. The van der Waals surface area contributed by atoms with Gasteiger partial charge in [0.2, 0.25) is 0 Å². The summed E-state index contributed by atoms with van der Waals surface area (Å²) in [5.41, 5.74) is 4.32. The minimum absolute atomic E-state index is 0.581. The highest BCUT2D eigenvalue weighted by atomic mass is 79.9. The molecule has 17 heavy (non-hydrogen) atoms. The Balaban J connectivity index is 1.81. The second kappa shape index (κ2) is 4.42. The van der Waals surface area contributed by atoms with Gasteiger partial charge in [0, 0.05) is 4.83 Å². The number of hydrogen-bond acceptors (Lipinski definition) is 0. The lowest BCUT2D eigenvalue weighted by Gasteiger charge is -2.27. The molecule has 0 aromatic heterocycles. The van der Waals surface area contributed by atoms with E-state index in [1.807, 2.05) is 0 Å². The topological polar surface area (TPSA) is 0 Å². The molecule has 2 saturated carbocycles. The van der Waals surface area contributed by atoms with Crippen LogP contribution in [0.25, 0.3) is 0 Å². The van der Waals surface area contributed by atoms with Gasteiger partial charge >= 0.3 is 0 Å². The minimum atomic E-state index is 0.581. The summed E-state index contributed by atoms with van der Waals surface area (Å²) in [4.78, 5) is 0.581. The fraction of sp³-hybridized carbons (Fsp3) is 0.625. The van der Waals surface area contributed by atoms with E-state index in [0.29, 0.717) is 4.83 Å². The Morgan fingerprint density at radius 2 is 1.94 bits per heavy atom. The Morgan fingerprint density at radius 1 is 1.12 bits per heavy atom. The number of halogens is 1. The fourth-order valence-corrected chi connectivity index (χ4v) is 4.77. The molecular formula is C16H21Br. The molecule has 1 aromatic rings. The van der Waals surface area contributed by atoms with Gasteiger partial charge in [-0.1, -0.05) is 40.5 Å². The molecule has 2 aliphatic carbocycles. The summed E-state index contributed by atoms with van der Waals surface area (Å²) < 4.78 is 0. The lowest BCUT2D eigenvalue weighted by molar-refractivity contribution is 0.329. The minimum Gasteiger partial charge on any atom is -0.0836 e. The maximum Gasteiger partial charge on any atom is 0.0426 e. The van der Waals surface area contributed by atoms with Gasteiger partial charge in [-0.15, -0.1) is 0 Å². The van der Waals surface area contributed by atoms with E-state index in [-0.39, 0.29) is 0 Å². The van der Waals surface area contributed by atoms with E-state index in [1.165, 1.54) is 42.4 Å². The van der Waals surface area contributed by atoms with Crippen LogP contribution in [0.4, 0.5) is 0 Å². The monoisotopic (exact) mass is 292 g/mol. The number of aryl methyl sites for hydroxylation is 2. The summed E-state index contributed by atoms with van der Waals surface area (Å²) in [5.74, 6) is 2.92. The maximum absolute atomic E-state index is 3.97. The van der Waals surface area contributed by atoms with Crippen molar-refractivity contribution in [3.63, 3.8) is 0 Å².